The van der Waals surface area contributed by atoms with Crippen LogP contribution in [0.5, 0.6) is 0 Å². The molecule has 4 N–H and O–H groups in total. The third-order valence-electron chi connectivity index (χ3n) is 31.2. The van der Waals surface area contributed by atoms with E-state index in [1.807, 2.05) is 39.5 Å². The number of imidazole rings is 6. The Labute approximate surface area is 765 Å². The first-order chi connectivity index (χ1) is 64.5. The third kappa shape index (κ3) is 18.5. The van der Waals surface area contributed by atoms with Gasteiger partial charge >= 0.3 is 0 Å². The molecule has 10 aromatic heterocycles. The third-order valence-corrected chi connectivity index (χ3v) is 31.2. The second-order valence-electron chi connectivity index (χ2n) is 38.9. The van der Waals surface area contributed by atoms with E-state index in [4.69, 9.17) is 0 Å². The molecule has 6 saturated carbocycles. The number of halogens is 8. The first kappa shape index (κ1) is 90.7. The van der Waals surface area contributed by atoms with Gasteiger partial charge in [-0.1, -0.05) is 140 Å². The summed E-state index contributed by atoms with van der Waals surface area (Å²) < 4.78 is 127. The fraction of sp³-hybridized carbons (Fsp3) is 0.519. The maximum Gasteiger partial charge on any atom is 0.136 e. The summed E-state index contributed by atoms with van der Waals surface area (Å²) in [6, 6.07) is 14.7. The second kappa shape index (κ2) is 40.8. The minimum atomic E-state index is -0.869. The van der Waals surface area contributed by atoms with Crippen molar-refractivity contribution in [1.29, 1.82) is 0 Å². The summed E-state index contributed by atoms with van der Waals surface area (Å²) in [6.45, 7) is 0. The van der Waals surface area contributed by atoms with Crippen molar-refractivity contribution in [3.8, 4) is 67.5 Å². The molecule has 0 spiro atoms. The van der Waals surface area contributed by atoms with Crippen LogP contribution in [0.25, 0.3) is 67.5 Å². The quantitative estimate of drug-likeness (QED) is 0.0585. The van der Waals surface area contributed by atoms with Crippen molar-refractivity contribution >= 4 is 0 Å². The fourth-order valence-electron chi connectivity index (χ4n) is 24.3. The van der Waals surface area contributed by atoms with Gasteiger partial charge < -0.3 is 47.8 Å². The van der Waals surface area contributed by atoms with Crippen molar-refractivity contribution in [2.24, 2.45) is 35.5 Å². The summed E-state index contributed by atoms with van der Waals surface area (Å²) in [5, 5.41) is 42.5. The molecular formula is C104H120F8N16O4. The summed E-state index contributed by atoms with van der Waals surface area (Å²) in [5.41, 5.74) is 12.9. The molecule has 12 unspecified atom stereocenters. The zero-order valence-corrected chi connectivity index (χ0v) is 74.8. The number of aromatic nitrogens is 16. The van der Waals surface area contributed by atoms with Crippen molar-refractivity contribution in [2.75, 3.05) is 0 Å². The number of hydrogen-bond acceptors (Lipinski definition) is 14. The molecule has 696 valence electrons. The van der Waals surface area contributed by atoms with E-state index < -0.39 is 12.3 Å². The monoisotopic (exact) mass is 1810 g/mol. The van der Waals surface area contributed by atoms with Crippen LogP contribution in [-0.2, 0) is 0 Å². The standard InChI is InChI=1S/2C18H20F2N2.4C17H20FN3O/c2*19-14-8-4-7-13-17-10-21-11-22(17)16(18(13)14)9-15(20)12-5-2-1-3-6-12;4*18-12-6-7-20-17-13(21-10-19-9-14(21)16(12)17)8-15(22)11-4-2-1-3-5-11/h2*4,7-8,10-12,15-16H,1-3,5-6,9H2;4*6-7,9-11,13,15,22H,1-5,8H2. The molecule has 28 heteroatoms. The molecule has 0 saturated heterocycles. The van der Waals surface area contributed by atoms with Crippen LogP contribution in [0.1, 0.15) is 301 Å². The first-order valence-corrected chi connectivity index (χ1v) is 48.8. The van der Waals surface area contributed by atoms with E-state index in [-0.39, 0.29) is 107 Å². The summed E-state index contributed by atoms with van der Waals surface area (Å²) in [7, 11) is 0. The Bertz CT molecular complexity index is 5300. The van der Waals surface area contributed by atoms with Crippen LogP contribution >= 0.6 is 0 Å². The minimum absolute atomic E-state index is 0.111. The van der Waals surface area contributed by atoms with Gasteiger partial charge in [0.1, 0.15) is 47.2 Å². The zero-order valence-electron chi connectivity index (χ0n) is 74.8. The largest absolute Gasteiger partial charge is 0.393 e. The van der Waals surface area contributed by atoms with Gasteiger partial charge in [-0.15, -0.1) is 0 Å². The number of hydrogen-bond donors (Lipinski definition) is 4. The molecule has 0 amide bonds. The lowest BCUT2D eigenvalue weighted by Crippen LogP contribution is -2.26. The van der Waals surface area contributed by atoms with E-state index in [9.17, 15) is 55.5 Å². The molecule has 0 radical (unpaired) electrons. The Morgan fingerprint density at radius 1 is 0.258 bits per heavy atom. The molecule has 6 fully saturated rings. The summed E-state index contributed by atoms with van der Waals surface area (Å²) in [4.78, 5) is 42.4. The van der Waals surface area contributed by atoms with Crippen LogP contribution in [0, 0.1) is 70.4 Å². The molecule has 2 aromatic carbocycles. The van der Waals surface area contributed by atoms with Gasteiger partial charge in [0.15, 0.2) is 0 Å². The Kier molecular flexibility index (Phi) is 28.0. The van der Waals surface area contributed by atoms with Gasteiger partial charge in [0, 0.05) is 85.6 Å². The average molecular weight is 1810 g/mol. The zero-order chi connectivity index (χ0) is 90.6. The van der Waals surface area contributed by atoms with Crippen molar-refractivity contribution in [3.05, 3.63) is 229 Å². The molecule has 0 bridgehead atoms. The second-order valence-corrected chi connectivity index (χ2v) is 38.9. The highest BCUT2D eigenvalue weighted by atomic mass is 19.2. The van der Waals surface area contributed by atoms with Gasteiger partial charge in [0.25, 0.3) is 0 Å². The molecule has 12 aromatic rings. The smallest absolute Gasteiger partial charge is 0.136 e. The summed E-state index contributed by atoms with van der Waals surface area (Å²) >= 11 is 0. The molecular weight excluding hydrogens is 1690 g/mol. The highest BCUT2D eigenvalue weighted by molar-refractivity contribution is 5.73. The molecule has 12 aliphatic rings. The molecule has 24 rings (SSSR count). The van der Waals surface area contributed by atoms with E-state index in [1.165, 1.54) is 151 Å². The van der Waals surface area contributed by atoms with Crippen molar-refractivity contribution < 1.29 is 55.5 Å². The van der Waals surface area contributed by atoms with Gasteiger partial charge in [-0.2, -0.15) is 0 Å². The lowest BCUT2D eigenvalue weighted by Gasteiger charge is -2.28. The van der Waals surface area contributed by atoms with E-state index >= 15 is 0 Å². The van der Waals surface area contributed by atoms with Gasteiger partial charge in [-0.3, -0.25) is 19.9 Å². The normalized spacial score (nSPS) is 22.4. The van der Waals surface area contributed by atoms with E-state index in [0.717, 1.165) is 171 Å². The van der Waals surface area contributed by atoms with Gasteiger partial charge in [-0.05, 0) is 149 Å². The molecule has 6 aliphatic heterocycles. The van der Waals surface area contributed by atoms with E-state index in [2.05, 4.69) is 49.8 Å². The highest BCUT2D eigenvalue weighted by Crippen LogP contribution is 2.52. The van der Waals surface area contributed by atoms with Crippen molar-refractivity contribution in [1.82, 2.24) is 77.2 Å². The Balaban J connectivity index is 0.000000102. The Hall–Kier alpha value is -10.4. The fourth-order valence-corrected chi connectivity index (χ4v) is 24.3. The van der Waals surface area contributed by atoms with Crippen molar-refractivity contribution in [3.63, 3.8) is 0 Å². The minimum Gasteiger partial charge on any atom is -0.393 e. The SMILES string of the molecule is Fc1cccc2c1C(CC(F)C1CCCCC1)n1cncc1-2.Fc1cccc2c1C(CC(F)C1CCCCC1)n1cncc1-2.OC(CC1c2nccc(F)c2-c2cncn21)C1CCCCC1.OC(CC1c2nccc(F)c2-c2cncn21)C1CCCCC1.OC(CC1c2nccc(F)c2-c2cncn21)C1CCCCC1.OC(CC1c2nccc(F)c2-c2cncn21)C1CCCCC1. The van der Waals surface area contributed by atoms with Crippen LogP contribution in [0.2, 0.25) is 0 Å². The van der Waals surface area contributed by atoms with Crippen LogP contribution in [0.3, 0.4) is 0 Å². The predicted molar refractivity (Wildman–Crippen MR) is 487 cm³/mol. The van der Waals surface area contributed by atoms with Crippen LogP contribution in [0.15, 0.2) is 161 Å². The summed E-state index contributed by atoms with van der Waals surface area (Å²) in [5.74, 6) is 0.191. The molecule has 20 nitrogen and oxygen atoms in total. The lowest BCUT2D eigenvalue weighted by molar-refractivity contribution is 0.0681. The summed E-state index contributed by atoms with van der Waals surface area (Å²) in [6.07, 6.45) is 60.5. The number of benzene rings is 2. The number of nitrogens with zero attached hydrogens (tertiary/aromatic N) is 16. The van der Waals surface area contributed by atoms with Crippen LogP contribution in [0.4, 0.5) is 35.1 Å². The van der Waals surface area contributed by atoms with Crippen LogP contribution in [-0.4, -0.2) is 134 Å². The number of fused-ring (bicyclic) bond motifs is 18. The molecule has 6 aliphatic carbocycles. The van der Waals surface area contributed by atoms with Gasteiger partial charge in [0.2, 0.25) is 0 Å². The number of alkyl halides is 2. The number of rotatable bonds is 18. The topological polar surface area (TPSA) is 239 Å². The Morgan fingerprint density at radius 3 is 0.720 bits per heavy atom. The molecule has 12 atom stereocenters. The predicted octanol–water partition coefficient (Wildman–Crippen LogP) is 23.1. The maximum atomic E-state index is 14.8. The number of pyridine rings is 4. The lowest BCUT2D eigenvalue weighted by atomic mass is 9.83. The number of aliphatic hydroxyl groups excluding tert-OH is 4. The first-order valence-electron chi connectivity index (χ1n) is 48.8. The number of aliphatic hydroxyl groups is 4. The van der Waals surface area contributed by atoms with Crippen LogP contribution < -0.4 is 0 Å². The maximum absolute atomic E-state index is 14.8. The highest BCUT2D eigenvalue weighted by Gasteiger charge is 2.44. The van der Waals surface area contributed by atoms with E-state index in [0.29, 0.717) is 95.6 Å². The Morgan fingerprint density at radius 2 is 0.477 bits per heavy atom. The molecule has 132 heavy (non-hydrogen) atoms. The molecule has 16 heterocycles. The van der Waals surface area contributed by atoms with Gasteiger partial charge in [0.05, 0.1) is 215 Å². The average Bonchev–Trinajstić information content (AvgIpc) is 1.63. The van der Waals surface area contributed by atoms with E-state index in [1.54, 1.807) is 87.3 Å². The van der Waals surface area contributed by atoms with Gasteiger partial charge in [-0.25, -0.2) is 65.0 Å². The van der Waals surface area contributed by atoms with Crippen molar-refractivity contribution in [2.45, 2.75) is 304 Å².